The molecule has 5 rings (SSSR count). The lowest BCUT2D eigenvalue weighted by Crippen LogP contribution is -2.33. The van der Waals surface area contributed by atoms with Gasteiger partial charge in [-0.2, -0.15) is 0 Å². The summed E-state index contributed by atoms with van der Waals surface area (Å²) in [5.41, 5.74) is 5.08. The molecule has 10 heteroatoms. The number of ketones is 1. The van der Waals surface area contributed by atoms with Gasteiger partial charge >= 0.3 is 0 Å². The van der Waals surface area contributed by atoms with Crippen molar-refractivity contribution in [3.05, 3.63) is 94.6 Å². The van der Waals surface area contributed by atoms with E-state index in [1.807, 2.05) is 0 Å². The number of benzene rings is 3. The van der Waals surface area contributed by atoms with E-state index in [0.717, 1.165) is 30.8 Å². The maximum Gasteiger partial charge on any atom is 0.248 e. The van der Waals surface area contributed by atoms with Gasteiger partial charge in [-0.1, -0.05) is 6.07 Å². The monoisotopic (exact) mass is 492 g/mol. The summed E-state index contributed by atoms with van der Waals surface area (Å²) in [4.78, 5) is 33.3. The van der Waals surface area contributed by atoms with Crippen molar-refractivity contribution in [2.24, 2.45) is 5.73 Å². The number of amides is 1. The van der Waals surface area contributed by atoms with Crippen molar-refractivity contribution in [2.75, 3.05) is 19.7 Å². The van der Waals surface area contributed by atoms with Gasteiger partial charge in [0.2, 0.25) is 5.91 Å². The van der Waals surface area contributed by atoms with Crippen LogP contribution in [-0.2, 0) is 4.74 Å². The van der Waals surface area contributed by atoms with E-state index in [4.69, 9.17) is 10.5 Å². The standard InChI is InChI=1S/C26H19F3N4O3/c27-17-5-4-16(15-3-1-14(26(30)35)9-18(15)28)24(29)23(17)25(34)13-2-6-19-20(10-13)32-11-21(33-19)22-12-31-7-8-36-22/h1-6,9-11,22,31H,7-8,12H2,(H2,30,35). The van der Waals surface area contributed by atoms with Gasteiger partial charge in [0.15, 0.2) is 5.78 Å². The molecule has 0 bridgehead atoms. The van der Waals surface area contributed by atoms with Crippen molar-refractivity contribution in [1.82, 2.24) is 15.3 Å². The van der Waals surface area contributed by atoms with Crippen LogP contribution in [0.15, 0.2) is 54.7 Å². The second-order valence-electron chi connectivity index (χ2n) is 8.23. The predicted molar refractivity (Wildman–Crippen MR) is 125 cm³/mol. The van der Waals surface area contributed by atoms with Gasteiger partial charge in [-0.3, -0.25) is 14.6 Å². The number of carbonyl (C=O) groups is 2. The smallest absolute Gasteiger partial charge is 0.248 e. The lowest BCUT2D eigenvalue weighted by molar-refractivity contribution is 0.0250. The van der Waals surface area contributed by atoms with Gasteiger partial charge in [-0.15, -0.1) is 0 Å². The van der Waals surface area contributed by atoms with Crippen LogP contribution in [0.2, 0.25) is 0 Å². The van der Waals surface area contributed by atoms with E-state index >= 15 is 4.39 Å². The fourth-order valence-electron chi connectivity index (χ4n) is 4.08. The van der Waals surface area contributed by atoms with Crippen LogP contribution in [0.1, 0.15) is 38.1 Å². The molecule has 3 aromatic carbocycles. The molecular weight excluding hydrogens is 473 g/mol. The highest BCUT2D eigenvalue weighted by molar-refractivity contribution is 6.11. The van der Waals surface area contributed by atoms with Gasteiger partial charge < -0.3 is 15.8 Å². The van der Waals surface area contributed by atoms with Crippen LogP contribution in [0.4, 0.5) is 13.2 Å². The number of rotatable bonds is 5. The Morgan fingerprint density at radius 1 is 0.944 bits per heavy atom. The van der Waals surface area contributed by atoms with Crippen molar-refractivity contribution >= 4 is 22.7 Å². The first-order valence-electron chi connectivity index (χ1n) is 11.0. The molecule has 182 valence electrons. The van der Waals surface area contributed by atoms with Crippen LogP contribution in [0, 0.1) is 17.5 Å². The Bertz CT molecular complexity index is 1520. The van der Waals surface area contributed by atoms with E-state index < -0.39 is 34.7 Å². The van der Waals surface area contributed by atoms with Crippen LogP contribution in [0.5, 0.6) is 0 Å². The van der Waals surface area contributed by atoms with E-state index in [0.29, 0.717) is 29.9 Å². The highest BCUT2D eigenvalue weighted by atomic mass is 19.1. The van der Waals surface area contributed by atoms with Crippen molar-refractivity contribution in [3.8, 4) is 11.1 Å². The highest BCUT2D eigenvalue weighted by Crippen LogP contribution is 2.31. The van der Waals surface area contributed by atoms with Crippen LogP contribution in [-0.4, -0.2) is 41.4 Å². The van der Waals surface area contributed by atoms with Gasteiger partial charge in [-0.25, -0.2) is 18.2 Å². The zero-order valence-electron chi connectivity index (χ0n) is 18.7. The lowest BCUT2D eigenvalue weighted by Gasteiger charge is -2.22. The molecule has 0 aliphatic carbocycles. The number of aromatic nitrogens is 2. The molecule has 0 radical (unpaired) electrons. The maximum atomic E-state index is 15.4. The Hall–Kier alpha value is -4.15. The summed E-state index contributed by atoms with van der Waals surface area (Å²) in [6, 6.07) is 9.46. The van der Waals surface area contributed by atoms with Crippen molar-refractivity contribution in [3.63, 3.8) is 0 Å². The Balaban J connectivity index is 1.51. The molecule has 0 saturated carbocycles. The van der Waals surface area contributed by atoms with E-state index in [-0.39, 0.29) is 28.4 Å². The normalized spacial score (nSPS) is 15.7. The molecule has 1 saturated heterocycles. The van der Waals surface area contributed by atoms with Crippen LogP contribution >= 0.6 is 0 Å². The number of primary amides is 1. The molecule has 36 heavy (non-hydrogen) atoms. The molecular formula is C26H19F3N4O3. The van der Waals surface area contributed by atoms with Gasteiger partial charge in [-0.05, 0) is 42.5 Å². The Kier molecular flexibility index (Phi) is 6.21. The Morgan fingerprint density at radius 3 is 2.44 bits per heavy atom. The minimum Gasteiger partial charge on any atom is -0.369 e. The van der Waals surface area contributed by atoms with E-state index in [1.54, 1.807) is 0 Å². The lowest BCUT2D eigenvalue weighted by atomic mass is 9.95. The van der Waals surface area contributed by atoms with Crippen LogP contribution in [0.25, 0.3) is 22.2 Å². The molecule has 1 atom stereocenters. The molecule has 4 aromatic rings. The summed E-state index contributed by atoms with van der Waals surface area (Å²) in [6.07, 6.45) is 1.29. The topological polar surface area (TPSA) is 107 Å². The number of nitrogens with two attached hydrogens (primary N) is 1. The number of fused-ring (bicyclic) bond motifs is 1. The molecule has 1 amide bonds. The van der Waals surface area contributed by atoms with Crippen molar-refractivity contribution < 1.29 is 27.5 Å². The SMILES string of the molecule is NC(=O)c1ccc(-c2ccc(F)c(C(=O)c3ccc4nc(C5CNCCO5)cnc4c3)c2F)c(F)c1. The summed E-state index contributed by atoms with van der Waals surface area (Å²) in [6.45, 7) is 1.90. The van der Waals surface area contributed by atoms with Crippen LogP contribution < -0.4 is 11.1 Å². The molecule has 3 N–H and O–H groups in total. The van der Waals surface area contributed by atoms with E-state index in [9.17, 15) is 18.4 Å². The molecule has 7 nitrogen and oxygen atoms in total. The van der Waals surface area contributed by atoms with E-state index in [2.05, 4.69) is 15.3 Å². The first-order valence-corrected chi connectivity index (χ1v) is 11.0. The highest BCUT2D eigenvalue weighted by Gasteiger charge is 2.25. The zero-order valence-corrected chi connectivity index (χ0v) is 18.7. The second-order valence-corrected chi connectivity index (χ2v) is 8.23. The summed E-state index contributed by atoms with van der Waals surface area (Å²) < 4.78 is 50.3. The number of nitrogens with one attached hydrogen (secondary N) is 1. The zero-order chi connectivity index (χ0) is 25.4. The van der Waals surface area contributed by atoms with Crippen molar-refractivity contribution in [2.45, 2.75) is 6.10 Å². The van der Waals surface area contributed by atoms with Gasteiger partial charge in [0.05, 0.1) is 35.1 Å². The Morgan fingerprint density at radius 2 is 1.72 bits per heavy atom. The fourth-order valence-corrected chi connectivity index (χ4v) is 4.08. The summed E-state index contributed by atoms with van der Waals surface area (Å²) >= 11 is 0. The molecule has 1 aromatic heterocycles. The summed E-state index contributed by atoms with van der Waals surface area (Å²) in [5.74, 6) is -5.06. The molecule has 1 fully saturated rings. The number of carbonyl (C=O) groups excluding carboxylic acids is 2. The third-order valence-electron chi connectivity index (χ3n) is 5.94. The number of nitrogens with zero attached hydrogens (tertiary/aromatic N) is 2. The average molecular weight is 492 g/mol. The first-order chi connectivity index (χ1) is 17.3. The predicted octanol–water partition coefficient (Wildman–Crippen LogP) is 3.70. The van der Waals surface area contributed by atoms with Crippen molar-refractivity contribution in [1.29, 1.82) is 0 Å². The molecule has 2 heterocycles. The summed E-state index contributed by atoms with van der Waals surface area (Å²) in [7, 11) is 0. The van der Waals surface area contributed by atoms with Crippen LogP contribution in [0.3, 0.4) is 0 Å². The third-order valence-corrected chi connectivity index (χ3v) is 5.94. The number of hydrogen-bond acceptors (Lipinski definition) is 6. The second kappa shape index (κ2) is 9.48. The van der Waals surface area contributed by atoms with Gasteiger partial charge in [0.25, 0.3) is 0 Å². The minimum atomic E-state index is -1.23. The fraction of sp³-hybridized carbons (Fsp3) is 0.154. The largest absolute Gasteiger partial charge is 0.369 e. The molecule has 1 aliphatic heterocycles. The number of ether oxygens (including phenoxy) is 1. The molecule has 1 aliphatic rings. The Labute approximate surface area is 203 Å². The maximum absolute atomic E-state index is 15.4. The molecule has 1 unspecified atom stereocenters. The quantitative estimate of drug-likeness (QED) is 0.412. The minimum absolute atomic E-state index is 0.0142. The number of halogens is 3. The summed E-state index contributed by atoms with van der Waals surface area (Å²) in [5, 5.41) is 3.21. The number of hydrogen-bond donors (Lipinski definition) is 2. The first kappa shape index (κ1) is 23.6. The van der Waals surface area contributed by atoms with Gasteiger partial charge in [0.1, 0.15) is 23.6 Å². The average Bonchev–Trinajstić information content (AvgIpc) is 2.89. The molecule has 0 spiro atoms. The third kappa shape index (κ3) is 4.32. The van der Waals surface area contributed by atoms with Gasteiger partial charge in [0, 0.05) is 35.3 Å². The van der Waals surface area contributed by atoms with E-state index in [1.165, 1.54) is 30.5 Å². The number of morpholine rings is 1.